The van der Waals surface area contributed by atoms with Crippen molar-refractivity contribution in [2.45, 2.75) is 25.7 Å². The predicted molar refractivity (Wildman–Crippen MR) is 69.4 cm³/mol. The molecular formula is C14H19N3. The Labute approximate surface area is 102 Å². The van der Waals surface area contributed by atoms with Gasteiger partial charge in [0.15, 0.2) is 0 Å². The zero-order chi connectivity index (χ0) is 11.8. The second-order valence-corrected chi connectivity index (χ2v) is 5.21. The van der Waals surface area contributed by atoms with E-state index in [1.54, 1.807) is 0 Å². The zero-order valence-electron chi connectivity index (χ0n) is 10.6. The molecule has 3 nitrogen and oxygen atoms in total. The Kier molecular flexibility index (Phi) is 2.63. The van der Waals surface area contributed by atoms with Gasteiger partial charge in [-0.3, -0.25) is 0 Å². The molecule has 0 spiro atoms. The molecule has 0 N–H and O–H groups in total. The van der Waals surface area contributed by atoms with E-state index in [-0.39, 0.29) is 0 Å². The molecule has 3 rings (SSSR count). The van der Waals surface area contributed by atoms with Gasteiger partial charge in [0.25, 0.3) is 0 Å². The van der Waals surface area contributed by atoms with E-state index >= 15 is 0 Å². The van der Waals surface area contributed by atoms with Gasteiger partial charge in [-0.15, -0.1) is 0 Å². The third-order valence-corrected chi connectivity index (χ3v) is 3.77. The summed E-state index contributed by atoms with van der Waals surface area (Å²) in [6, 6.07) is 4.28. The SMILES string of the molecule is Cc1ccn2cc(C3CCN(C)CC3)nc2c1. The number of aryl methyl sites for hydroxylation is 1. The van der Waals surface area contributed by atoms with Gasteiger partial charge < -0.3 is 9.30 Å². The number of piperidine rings is 1. The molecule has 0 amide bonds. The van der Waals surface area contributed by atoms with Crippen molar-refractivity contribution in [3.8, 4) is 0 Å². The van der Waals surface area contributed by atoms with Gasteiger partial charge in [-0.1, -0.05) is 0 Å². The average molecular weight is 229 g/mol. The first-order valence-corrected chi connectivity index (χ1v) is 6.36. The van der Waals surface area contributed by atoms with Crippen molar-refractivity contribution in [2.75, 3.05) is 20.1 Å². The van der Waals surface area contributed by atoms with Gasteiger partial charge >= 0.3 is 0 Å². The molecule has 17 heavy (non-hydrogen) atoms. The molecule has 2 aromatic heterocycles. The molecule has 1 aliphatic heterocycles. The molecule has 0 radical (unpaired) electrons. The summed E-state index contributed by atoms with van der Waals surface area (Å²) in [5, 5.41) is 0. The van der Waals surface area contributed by atoms with Crippen LogP contribution in [0.4, 0.5) is 0 Å². The van der Waals surface area contributed by atoms with Crippen molar-refractivity contribution in [1.29, 1.82) is 0 Å². The molecule has 0 unspecified atom stereocenters. The Morgan fingerprint density at radius 1 is 1.29 bits per heavy atom. The van der Waals surface area contributed by atoms with Crippen LogP contribution in [0.15, 0.2) is 24.5 Å². The summed E-state index contributed by atoms with van der Waals surface area (Å²) in [5.41, 5.74) is 3.63. The highest BCUT2D eigenvalue weighted by molar-refractivity contribution is 5.43. The van der Waals surface area contributed by atoms with Crippen molar-refractivity contribution in [3.05, 3.63) is 35.8 Å². The summed E-state index contributed by atoms with van der Waals surface area (Å²) in [5.74, 6) is 0.645. The molecule has 3 heterocycles. The molecule has 0 aromatic carbocycles. The van der Waals surface area contributed by atoms with Gasteiger partial charge in [0, 0.05) is 18.3 Å². The first kappa shape index (κ1) is 10.8. The molecule has 0 saturated carbocycles. The van der Waals surface area contributed by atoms with Gasteiger partial charge in [-0.25, -0.2) is 4.98 Å². The lowest BCUT2D eigenvalue weighted by Crippen LogP contribution is -2.29. The van der Waals surface area contributed by atoms with Gasteiger partial charge in [0.2, 0.25) is 0 Å². The third-order valence-electron chi connectivity index (χ3n) is 3.77. The maximum atomic E-state index is 4.77. The summed E-state index contributed by atoms with van der Waals surface area (Å²) in [4.78, 5) is 7.17. The Hall–Kier alpha value is -1.35. The minimum Gasteiger partial charge on any atom is -0.307 e. The van der Waals surface area contributed by atoms with E-state index in [4.69, 9.17) is 4.98 Å². The van der Waals surface area contributed by atoms with Crippen LogP contribution in [0.3, 0.4) is 0 Å². The second kappa shape index (κ2) is 4.15. The van der Waals surface area contributed by atoms with Crippen LogP contribution in [0.5, 0.6) is 0 Å². The van der Waals surface area contributed by atoms with Crippen molar-refractivity contribution >= 4 is 5.65 Å². The van der Waals surface area contributed by atoms with E-state index in [0.717, 1.165) is 5.65 Å². The second-order valence-electron chi connectivity index (χ2n) is 5.21. The molecule has 1 aliphatic rings. The Morgan fingerprint density at radius 3 is 2.82 bits per heavy atom. The summed E-state index contributed by atoms with van der Waals surface area (Å²) in [7, 11) is 2.20. The minimum absolute atomic E-state index is 0.645. The lowest BCUT2D eigenvalue weighted by molar-refractivity contribution is 0.253. The Morgan fingerprint density at radius 2 is 2.06 bits per heavy atom. The maximum Gasteiger partial charge on any atom is 0.137 e. The van der Waals surface area contributed by atoms with Crippen LogP contribution < -0.4 is 0 Å². The summed E-state index contributed by atoms with van der Waals surface area (Å²) in [6.07, 6.45) is 6.78. The molecule has 0 atom stereocenters. The van der Waals surface area contributed by atoms with Crippen molar-refractivity contribution in [3.63, 3.8) is 0 Å². The van der Waals surface area contributed by atoms with Crippen LogP contribution in [0, 0.1) is 6.92 Å². The molecule has 90 valence electrons. The summed E-state index contributed by atoms with van der Waals surface area (Å²) < 4.78 is 2.14. The van der Waals surface area contributed by atoms with Crippen molar-refractivity contribution in [1.82, 2.24) is 14.3 Å². The number of hydrogen-bond acceptors (Lipinski definition) is 2. The highest BCUT2D eigenvalue weighted by Crippen LogP contribution is 2.26. The number of rotatable bonds is 1. The summed E-state index contributed by atoms with van der Waals surface area (Å²) >= 11 is 0. The summed E-state index contributed by atoms with van der Waals surface area (Å²) in [6.45, 7) is 4.50. The smallest absolute Gasteiger partial charge is 0.137 e. The minimum atomic E-state index is 0.645. The van der Waals surface area contributed by atoms with Gasteiger partial charge in [0.1, 0.15) is 5.65 Å². The Bertz CT molecular complexity index is 521. The van der Waals surface area contributed by atoms with Gasteiger partial charge in [0.05, 0.1) is 5.69 Å². The first-order chi connectivity index (χ1) is 8.22. The number of nitrogens with zero attached hydrogens (tertiary/aromatic N) is 3. The molecule has 0 aliphatic carbocycles. The molecular weight excluding hydrogens is 210 g/mol. The highest BCUT2D eigenvalue weighted by Gasteiger charge is 2.20. The number of hydrogen-bond donors (Lipinski definition) is 0. The molecule has 1 fully saturated rings. The van der Waals surface area contributed by atoms with Crippen LogP contribution in [-0.4, -0.2) is 34.4 Å². The molecule has 2 aromatic rings. The van der Waals surface area contributed by atoms with Crippen LogP contribution >= 0.6 is 0 Å². The van der Waals surface area contributed by atoms with Gasteiger partial charge in [-0.2, -0.15) is 0 Å². The zero-order valence-corrected chi connectivity index (χ0v) is 10.6. The molecule has 3 heteroatoms. The number of pyridine rings is 1. The van der Waals surface area contributed by atoms with Gasteiger partial charge in [-0.05, 0) is 57.6 Å². The lowest BCUT2D eigenvalue weighted by Gasteiger charge is -2.27. The number of imidazole rings is 1. The fourth-order valence-corrected chi connectivity index (χ4v) is 2.60. The van der Waals surface area contributed by atoms with Crippen molar-refractivity contribution < 1.29 is 0 Å². The molecule has 0 bridgehead atoms. The maximum absolute atomic E-state index is 4.77. The van der Waals surface area contributed by atoms with Crippen LogP contribution in [0.1, 0.15) is 30.0 Å². The normalized spacial score (nSPS) is 18.9. The number of aromatic nitrogens is 2. The quantitative estimate of drug-likeness (QED) is 0.748. The number of fused-ring (bicyclic) bond motifs is 1. The van der Waals surface area contributed by atoms with E-state index in [1.165, 1.54) is 37.2 Å². The first-order valence-electron chi connectivity index (χ1n) is 6.36. The molecule has 1 saturated heterocycles. The van der Waals surface area contributed by atoms with Crippen LogP contribution in [0.25, 0.3) is 5.65 Å². The van der Waals surface area contributed by atoms with E-state index in [1.807, 2.05) is 0 Å². The fraction of sp³-hybridized carbons (Fsp3) is 0.500. The van der Waals surface area contributed by atoms with Crippen LogP contribution in [-0.2, 0) is 0 Å². The average Bonchev–Trinajstić information content (AvgIpc) is 2.72. The monoisotopic (exact) mass is 229 g/mol. The lowest BCUT2D eigenvalue weighted by atomic mass is 9.94. The third kappa shape index (κ3) is 2.07. The van der Waals surface area contributed by atoms with E-state index in [2.05, 4.69) is 47.8 Å². The topological polar surface area (TPSA) is 20.5 Å². The Balaban J connectivity index is 1.90. The van der Waals surface area contributed by atoms with E-state index < -0.39 is 0 Å². The van der Waals surface area contributed by atoms with E-state index in [0.29, 0.717) is 5.92 Å². The highest BCUT2D eigenvalue weighted by atomic mass is 15.1. The predicted octanol–water partition coefficient (Wildman–Crippen LogP) is 2.45. The number of likely N-dealkylation sites (tertiary alicyclic amines) is 1. The van der Waals surface area contributed by atoms with E-state index in [9.17, 15) is 0 Å². The van der Waals surface area contributed by atoms with Crippen LogP contribution in [0.2, 0.25) is 0 Å². The largest absolute Gasteiger partial charge is 0.307 e. The fourth-order valence-electron chi connectivity index (χ4n) is 2.60. The standard InChI is InChI=1S/C14H19N3/c1-11-3-8-17-10-13(15-14(17)9-11)12-4-6-16(2)7-5-12/h3,8-10,12H,4-7H2,1-2H3. The van der Waals surface area contributed by atoms with Crippen molar-refractivity contribution in [2.24, 2.45) is 0 Å².